The Labute approximate surface area is 147 Å². The van der Waals surface area contributed by atoms with Gasteiger partial charge in [-0.05, 0) is 36.8 Å². The zero-order valence-electron chi connectivity index (χ0n) is 14.3. The van der Waals surface area contributed by atoms with Gasteiger partial charge in [0, 0.05) is 18.7 Å². The molecule has 25 heavy (non-hydrogen) atoms. The van der Waals surface area contributed by atoms with Crippen molar-refractivity contribution in [3.63, 3.8) is 0 Å². The molecule has 1 atom stereocenters. The predicted molar refractivity (Wildman–Crippen MR) is 96.7 cm³/mol. The Bertz CT molecular complexity index is 728. The number of rotatable bonds is 6. The van der Waals surface area contributed by atoms with Crippen molar-refractivity contribution in [3.05, 3.63) is 60.2 Å². The molecular weight excluding hydrogens is 316 g/mol. The molecule has 5 nitrogen and oxygen atoms in total. The Morgan fingerprint density at radius 3 is 2.56 bits per heavy atom. The first-order valence-electron chi connectivity index (χ1n) is 8.52. The predicted octanol–water partition coefficient (Wildman–Crippen LogP) is 2.55. The smallest absolute Gasteiger partial charge is 0.229 e. The van der Waals surface area contributed by atoms with Crippen LogP contribution in [-0.2, 0) is 16.0 Å². The summed E-state index contributed by atoms with van der Waals surface area (Å²) in [5, 5.41) is 2.96. The number of anilines is 1. The number of nitrogens with zero attached hydrogens (tertiary/aromatic N) is 1. The van der Waals surface area contributed by atoms with Crippen LogP contribution in [0, 0.1) is 0 Å². The number of hydrogen-bond acceptors (Lipinski definition) is 3. The van der Waals surface area contributed by atoms with Crippen molar-refractivity contribution < 1.29 is 14.3 Å². The molecule has 0 unspecified atom stereocenters. The molecule has 0 bridgehead atoms. The molecule has 130 valence electrons. The van der Waals surface area contributed by atoms with Gasteiger partial charge in [-0.25, -0.2) is 0 Å². The summed E-state index contributed by atoms with van der Waals surface area (Å²) in [4.78, 5) is 26.2. The van der Waals surface area contributed by atoms with Crippen LogP contribution in [0.4, 0.5) is 5.69 Å². The Morgan fingerprint density at radius 2 is 1.88 bits per heavy atom. The highest BCUT2D eigenvalue weighted by Crippen LogP contribution is 2.24. The largest absolute Gasteiger partial charge is 0.494 e. The first-order chi connectivity index (χ1) is 12.2. The summed E-state index contributed by atoms with van der Waals surface area (Å²) in [7, 11) is 0. The molecule has 0 radical (unpaired) electrons. The average molecular weight is 338 g/mol. The molecular formula is C20H22N2O3. The van der Waals surface area contributed by atoms with E-state index in [1.165, 1.54) is 0 Å². The standard InChI is InChI=1S/C20H22N2O3/c1-2-25-18-10-8-17(9-11-18)22-14-16(13-20(22)24)21-19(23)12-15-6-4-3-5-7-15/h3-11,16H,2,12-14H2,1H3,(H,21,23)/t16-/m0/s1. The fourth-order valence-electron chi connectivity index (χ4n) is 3.00. The summed E-state index contributed by atoms with van der Waals surface area (Å²) in [6.07, 6.45) is 0.655. The van der Waals surface area contributed by atoms with E-state index in [0.29, 0.717) is 26.0 Å². The molecule has 0 spiro atoms. The molecule has 1 aliphatic heterocycles. The maximum Gasteiger partial charge on any atom is 0.229 e. The van der Waals surface area contributed by atoms with Crippen LogP contribution in [0.3, 0.4) is 0 Å². The van der Waals surface area contributed by atoms with Crippen LogP contribution in [0.25, 0.3) is 0 Å². The Kier molecular flexibility index (Phi) is 5.33. The summed E-state index contributed by atoms with van der Waals surface area (Å²) in [5.74, 6) is 0.748. The van der Waals surface area contributed by atoms with E-state index in [1.54, 1.807) is 4.90 Å². The number of nitrogens with one attached hydrogen (secondary N) is 1. The van der Waals surface area contributed by atoms with E-state index in [9.17, 15) is 9.59 Å². The quantitative estimate of drug-likeness (QED) is 0.881. The van der Waals surface area contributed by atoms with E-state index in [2.05, 4.69) is 5.32 Å². The lowest BCUT2D eigenvalue weighted by atomic mass is 10.1. The molecule has 2 amide bonds. The fourth-order valence-corrected chi connectivity index (χ4v) is 3.00. The number of amides is 2. The average Bonchev–Trinajstić information content (AvgIpc) is 2.97. The van der Waals surface area contributed by atoms with Gasteiger partial charge in [-0.3, -0.25) is 9.59 Å². The first-order valence-corrected chi connectivity index (χ1v) is 8.52. The molecule has 1 N–H and O–H groups in total. The summed E-state index contributed by atoms with van der Waals surface area (Å²) >= 11 is 0. The van der Waals surface area contributed by atoms with E-state index in [0.717, 1.165) is 17.0 Å². The van der Waals surface area contributed by atoms with E-state index in [1.807, 2.05) is 61.5 Å². The third kappa shape index (κ3) is 4.38. The molecule has 0 aliphatic carbocycles. The minimum absolute atomic E-state index is 0.0224. The van der Waals surface area contributed by atoms with Gasteiger partial charge in [-0.15, -0.1) is 0 Å². The Balaban J connectivity index is 1.57. The van der Waals surface area contributed by atoms with Crippen molar-refractivity contribution in [2.75, 3.05) is 18.1 Å². The fraction of sp³-hybridized carbons (Fsp3) is 0.300. The van der Waals surface area contributed by atoms with Gasteiger partial charge in [0.15, 0.2) is 0 Å². The Hall–Kier alpha value is -2.82. The third-order valence-electron chi connectivity index (χ3n) is 4.16. The van der Waals surface area contributed by atoms with Gasteiger partial charge in [0.1, 0.15) is 5.75 Å². The van der Waals surface area contributed by atoms with Gasteiger partial charge < -0.3 is 15.0 Å². The van der Waals surface area contributed by atoms with Gasteiger partial charge in [0.25, 0.3) is 0 Å². The zero-order chi connectivity index (χ0) is 17.6. The molecule has 5 heteroatoms. The maximum absolute atomic E-state index is 12.3. The molecule has 1 saturated heterocycles. The molecule has 0 saturated carbocycles. The van der Waals surface area contributed by atoms with Gasteiger partial charge in [0.2, 0.25) is 11.8 Å². The van der Waals surface area contributed by atoms with Crippen LogP contribution in [0.2, 0.25) is 0 Å². The lowest BCUT2D eigenvalue weighted by Gasteiger charge is -2.17. The van der Waals surface area contributed by atoms with Gasteiger partial charge in [-0.1, -0.05) is 30.3 Å². The second-order valence-electron chi connectivity index (χ2n) is 6.06. The number of carbonyl (C=O) groups is 2. The molecule has 1 fully saturated rings. The lowest BCUT2D eigenvalue weighted by molar-refractivity contribution is -0.121. The van der Waals surface area contributed by atoms with Crippen molar-refractivity contribution in [1.82, 2.24) is 5.32 Å². The number of ether oxygens (including phenoxy) is 1. The van der Waals surface area contributed by atoms with Crippen LogP contribution >= 0.6 is 0 Å². The highest BCUT2D eigenvalue weighted by Gasteiger charge is 2.31. The number of carbonyl (C=O) groups excluding carboxylic acids is 2. The van der Waals surface area contributed by atoms with Crippen LogP contribution in [0.15, 0.2) is 54.6 Å². The molecule has 1 aliphatic rings. The molecule has 2 aromatic carbocycles. The molecule has 1 heterocycles. The van der Waals surface area contributed by atoms with Crippen molar-refractivity contribution in [1.29, 1.82) is 0 Å². The molecule has 0 aromatic heterocycles. The minimum Gasteiger partial charge on any atom is -0.494 e. The van der Waals surface area contributed by atoms with Crippen molar-refractivity contribution in [2.24, 2.45) is 0 Å². The van der Waals surface area contributed by atoms with E-state index in [4.69, 9.17) is 4.74 Å². The highest BCUT2D eigenvalue weighted by molar-refractivity contribution is 5.97. The van der Waals surface area contributed by atoms with Gasteiger partial charge in [0.05, 0.1) is 19.1 Å². The van der Waals surface area contributed by atoms with Crippen LogP contribution in [0.5, 0.6) is 5.75 Å². The highest BCUT2D eigenvalue weighted by atomic mass is 16.5. The minimum atomic E-state index is -0.157. The van der Waals surface area contributed by atoms with Crippen LogP contribution in [-0.4, -0.2) is 31.0 Å². The van der Waals surface area contributed by atoms with E-state index < -0.39 is 0 Å². The van der Waals surface area contributed by atoms with Crippen molar-refractivity contribution >= 4 is 17.5 Å². The summed E-state index contributed by atoms with van der Waals surface area (Å²) < 4.78 is 5.42. The van der Waals surface area contributed by atoms with Crippen LogP contribution < -0.4 is 15.0 Å². The second kappa shape index (κ2) is 7.83. The third-order valence-corrected chi connectivity index (χ3v) is 4.16. The first kappa shape index (κ1) is 17.0. The van der Waals surface area contributed by atoms with Gasteiger partial charge >= 0.3 is 0 Å². The Morgan fingerprint density at radius 1 is 1.16 bits per heavy atom. The van der Waals surface area contributed by atoms with Crippen LogP contribution in [0.1, 0.15) is 18.9 Å². The topological polar surface area (TPSA) is 58.6 Å². The molecule has 2 aromatic rings. The number of benzene rings is 2. The monoisotopic (exact) mass is 338 g/mol. The SMILES string of the molecule is CCOc1ccc(N2C[C@@H](NC(=O)Cc3ccccc3)CC2=O)cc1. The molecule has 3 rings (SSSR count). The van der Waals surface area contributed by atoms with Crippen molar-refractivity contribution in [2.45, 2.75) is 25.8 Å². The van der Waals surface area contributed by atoms with Gasteiger partial charge in [-0.2, -0.15) is 0 Å². The normalized spacial score (nSPS) is 16.8. The van der Waals surface area contributed by atoms with E-state index >= 15 is 0 Å². The van der Waals surface area contributed by atoms with Crippen molar-refractivity contribution in [3.8, 4) is 5.75 Å². The summed E-state index contributed by atoms with van der Waals surface area (Å²) in [6, 6.07) is 16.9. The number of hydrogen-bond donors (Lipinski definition) is 1. The second-order valence-corrected chi connectivity index (χ2v) is 6.06. The lowest BCUT2D eigenvalue weighted by Crippen LogP contribution is -2.38. The van der Waals surface area contributed by atoms with E-state index in [-0.39, 0.29) is 17.9 Å². The zero-order valence-corrected chi connectivity index (χ0v) is 14.3. The maximum atomic E-state index is 12.3. The summed E-state index contributed by atoms with van der Waals surface area (Å²) in [5.41, 5.74) is 1.79. The summed E-state index contributed by atoms with van der Waals surface area (Å²) in [6.45, 7) is 3.03.